The Morgan fingerprint density at radius 2 is 1.00 bits per heavy atom. The highest BCUT2D eigenvalue weighted by Gasteiger charge is 2.41. The van der Waals surface area contributed by atoms with E-state index in [9.17, 15) is 29.1 Å². The Hall–Kier alpha value is -6.44. The molecule has 0 amide bonds. The van der Waals surface area contributed by atoms with Gasteiger partial charge in [-0.15, -0.1) is 0 Å². The molecule has 7 rings (SSSR count). The first-order valence-corrected chi connectivity index (χ1v) is 24.6. The Morgan fingerprint density at radius 3 is 1.50 bits per heavy atom. The number of unbranched alkanes of at least 4 members (excludes halogenated alkanes) is 8. The summed E-state index contributed by atoms with van der Waals surface area (Å²) in [6.07, 6.45) is 11.5. The standard InChI is InChI=1S/C54H66N4O10/c1-5-9-13-23-43(59)65-31-53(32-66-44(60)24-14-10-6-2)55-39-21-17-19-35-37(27-29-41(57-53)47(35)39)49-51(63)50(52(49)64)38-28-30-42-48-36(38)20-18-22-40(48)56-54(58-42,33-67-45(61)25-15-11-7-3)34-68-46(62)26-16-12-8-4/h17-22,27-30,55-57,63H,5-16,23-26,31-34H2,1-4H3/b50-38-. The molecule has 0 saturated carbocycles. The summed E-state index contributed by atoms with van der Waals surface area (Å²) in [6, 6.07) is 18.3. The maximum atomic E-state index is 14.4. The zero-order valence-electron chi connectivity index (χ0n) is 40.0. The molecule has 362 valence electrons. The summed E-state index contributed by atoms with van der Waals surface area (Å²) >= 11 is 0. The number of hydrogen-bond donors (Lipinski definition) is 4. The summed E-state index contributed by atoms with van der Waals surface area (Å²) in [5, 5.41) is 26.2. The number of allylic oxidation sites excluding steroid dienone is 2. The summed E-state index contributed by atoms with van der Waals surface area (Å²) in [5.74, 6) is -1.87. The van der Waals surface area contributed by atoms with Gasteiger partial charge in [-0.1, -0.05) is 115 Å². The molecule has 0 radical (unpaired) electrons. The predicted octanol–water partition coefficient (Wildman–Crippen LogP) is 9.46. The van der Waals surface area contributed by atoms with Crippen LogP contribution in [0.3, 0.4) is 0 Å². The van der Waals surface area contributed by atoms with Gasteiger partial charge in [0.2, 0.25) is 5.78 Å². The molecular formula is C54H66N4O10. The minimum atomic E-state index is -1.30. The molecule has 3 aliphatic rings. The number of nitrogens with zero attached hydrogens (tertiary/aromatic N) is 1. The molecule has 2 aliphatic heterocycles. The van der Waals surface area contributed by atoms with Crippen molar-refractivity contribution in [3.05, 3.63) is 82.6 Å². The molecule has 4 aromatic carbocycles. The lowest BCUT2D eigenvalue weighted by Crippen LogP contribution is -2.56. The lowest BCUT2D eigenvalue weighted by Gasteiger charge is -2.40. The fourth-order valence-electron chi connectivity index (χ4n) is 9.13. The number of carbonyl (C=O) groups excluding carboxylic acids is 5. The van der Waals surface area contributed by atoms with Gasteiger partial charge >= 0.3 is 23.9 Å². The molecule has 0 bridgehead atoms. The number of nitrogens with one attached hydrogen (secondary N) is 3. The van der Waals surface area contributed by atoms with Gasteiger partial charge in [0.05, 0.1) is 16.5 Å². The normalized spacial score (nSPS) is 15.9. The number of ketones is 1. The van der Waals surface area contributed by atoms with Crippen molar-refractivity contribution in [1.82, 2.24) is 0 Å². The van der Waals surface area contributed by atoms with Crippen molar-refractivity contribution in [2.75, 3.05) is 42.4 Å². The molecule has 68 heavy (non-hydrogen) atoms. The largest absolute Gasteiger partial charge is 0.506 e. The van der Waals surface area contributed by atoms with Crippen LogP contribution in [0.1, 0.15) is 136 Å². The van der Waals surface area contributed by atoms with E-state index in [1.54, 1.807) is 18.2 Å². The van der Waals surface area contributed by atoms with Gasteiger partial charge < -0.3 is 40.0 Å². The summed E-state index contributed by atoms with van der Waals surface area (Å²) < 4.78 is 23.1. The first-order chi connectivity index (χ1) is 33.0. The van der Waals surface area contributed by atoms with Crippen LogP contribution >= 0.6 is 0 Å². The summed E-state index contributed by atoms with van der Waals surface area (Å²) in [6.45, 7) is 7.70. The van der Waals surface area contributed by atoms with Gasteiger partial charge in [-0.3, -0.25) is 24.0 Å². The molecule has 1 aliphatic carbocycles. The fourth-order valence-corrected chi connectivity index (χ4v) is 9.13. The molecule has 0 spiro atoms. The topological polar surface area (TPSA) is 191 Å². The second kappa shape index (κ2) is 22.6. The third-order valence-electron chi connectivity index (χ3n) is 12.8. The van der Waals surface area contributed by atoms with E-state index in [4.69, 9.17) is 23.9 Å². The van der Waals surface area contributed by atoms with Crippen molar-refractivity contribution >= 4 is 79.4 Å². The Balaban J connectivity index is 1.21. The van der Waals surface area contributed by atoms with Crippen LogP contribution in [0.15, 0.2) is 71.4 Å². The minimum absolute atomic E-state index is 0.113. The molecule has 4 N–H and O–H groups in total. The molecule has 0 unspecified atom stereocenters. The molecule has 4 aromatic rings. The van der Waals surface area contributed by atoms with E-state index in [0.29, 0.717) is 62.2 Å². The molecule has 0 atom stereocenters. The van der Waals surface area contributed by atoms with Gasteiger partial charge in [0.1, 0.15) is 32.2 Å². The van der Waals surface area contributed by atoms with Crippen molar-refractivity contribution in [2.45, 2.75) is 142 Å². The molecular weight excluding hydrogens is 865 g/mol. The highest BCUT2D eigenvalue weighted by atomic mass is 16.6. The number of anilines is 3. The zero-order valence-corrected chi connectivity index (χ0v) is 40.0. The number of esters is 4. The highest BCUT2D eigenvalue weighted by Crippen LogP contribution is 2.45. The van der Waals surface area contributed by atoms with Crippen molar-refractivity contribution in [3.8, 4) is 0 Å². The minimum Gasteiger partial charge on any atom is -0.506 e. The lowest BCUT2D eigenvalue weighted by molar-refractivity contribution is -0.151. The number of benzene rings is 4. The third-order valence-corrected chi connectivity index (χ3v) is 12.8. The van der Waals surface area contributed by atoms with E-state index in [1.807, 2.05) is 42.5 Å². The maximum Gasteiger partial charge on any atom is 0.305 e. The average Bonchev–Trinajstić information content (AvgIpc) is 3.33. The molecule has 14 nitrogen and oxygen atoms in total. The molecule has 0 fully saturated rings. The smallest absolute Gasteiger partial charge is 0.305 e. The fraction of sp³-hybridized carbons (Fsp3) is 0.481. The number of aliphatic hydroxyl groups is 1. The van der Waals surface area contributed by atoms with E-state index in [-0.39, 0.29) is 98.7 Å². The second-order valence-corrected chi connectivity index (χ2v) is 18.2. The Kier molecular flexibility index (Phi) is 16.4. The van der Waals surface area contributed by atoms with Gasteiger partial charge in [-0.25, -0.2) is 4.99 Å². The number of aliphatic hydroxyl groups excluding tert-OH is 1. The number of hydrogen-bond acceptors (Lipinski definition) is 14. The number of ether oxygens (including phenoxy) is 4. The van der Waals surface area contributed by atoms with Crippen LogP contribution in [0.2, 0.25) is 0 Å². The van der Waals surface area contributed by atoms with Crippen LogP contribution in [0, 0.1) is 0 Å². The lowest BCUT2D eigenvalue weighted by atomic mass is 9.79. The summed E-state index contributed by atoms with van der Waals surface area (Å²) in [5.41, 5.74) is 0.394. The quantitative estimate of drug-likeness (QED) is 0.0280. The van der Waals surface area contributed by atoms with Crippen LogP contribution in [-0.2, 0) is 42.9 Å². The van der Waals surface area contributed by atoms with E-state index in [1.165, 1.54) is 0 Å². The summed E-state index contributed by atoms with van der Waals surface area (Å²) in [4.78, 5) is 70.7. The highest BCUT2D eigenvalue weighted by molar-refractivity contribution is 6.53. The van der Waals surface area contributed by atoms with Crippen molar-refractivity contribution in [1.29, 1.82) is 0 Å². The first-order valence-electron chi connectivity index (χ1n) is 24.6. The average molecular weight is 931 g/mol. The van der Waals surface area contributed by atoms with Crippen LogP contribution in [0.4, 0.5) is 17.1 Å². The zero-order chi connectivity index (χ0) is 48.3. The van der Waals surface area contributed by atoms with Crippen molar-refractivity contribution in [2.24, 2.45) is 4.99 Å². The molecule has 2 heterocycles. The van der Waals surface area contributed by atoms with Crippen molar-refractivity contribution < 1.29 is 48.0 Å². The van der Waals surface area contributed by atoms with Crippen LogP contribution in [0.25, 0.3) is 32.7 Å². The van der Waals surface area contributed by atoms with E-state index in [0.717, 1.165) is 69.6 Å². The SMILES string of the molecule is CCCCCC(=O)OCC1(COC(=O)CCCCC)N=c2cc/c(=C3/C(=O)C(c4ccc5c6c(cccc46)NC(COC(=O)CCCCC)(COC(=O)CCCCC)N5)=C3O)c3cccc(c23)N1. The first kappa shape index (κ1) is 49.5. The Labute approximate surface area is 397 Å². The maximum absolute atomic E-state index is 14.4. The Bertz CT molecular complexity index is 2640. The monoisotopic (exact) mass is 930 g/mol. The number of rotatable bonds is 25. The van der Waals surface area contributed by atoms with Gasteiger partial charge in [0, 0.05) is 53.5 Å². The van der Waals surface area contributed by atoms with Crippen LogP contribution in [-0.4, -0.2) is 72.5 Å². The van der Waals surface area contributed by atoms with Gasteiger partial charge in [-0.2, -0.15) is 0 Å². The summed E-state index contributed by atoms with van der Waals surface area (Å²) in [7, 11) is 0. The number of Topliss-reactive ketones (excluding diaryl/α,β-unsaturated/α-hetero) is 1. The predicted molar refractivity (Wildman–Crippen MR) is 263 cm³/mol. The number of carbonyl (C=O) groups is 5. The molecule has 0 aromatic heterocycles. The van der Waals surface area contributed by atoms with E-state index in [2.05, 4.69) is 43.6 Å². The van der Waals surface area contributed by atoms with Crippen LogP contribution < -0.4 is 26.5 Å². The molecule has 14 heteroatoms. The molecule has 0 saturated heterocycles. The van der Waals surface area contributed by atoms with E-state index >= 15 is 0 Å². The van der Waals surface area contributed by atoms with E-state index < -0.39 is 11.3 Å². The third kappa shape index (κ3) is 11.1. The van der Waals surface area contributed by atoms with Crippen LogP contribution in [0.5, 0.6) is 0 Å². The van der Waals surface area contributed by atoms with Gasteiger partial charge in [0.15, 0.2) is 11.3 Å². The Morgan fingerprint density at radius 1 is 0.529 bits per heavy atom. The second-order valence-electron chi connectivity index (χ2n) is 18.2. The van der Waals surface area contributed by atoms with Crippen molar-refractivity contribution in [3.63, 3.8) is 0 Å². The van der Waals surface area contributed by atoms with Gasteiger partial charge in [0.25, 0.3) is 0 Å². The van der Waals surface area contributed by atoms with Gasteiger partial charge in [-0.05, 0) is 71.5 Å².